The zero-order chi connectivity index (χ0) is 16.9. The van der Waals surface area contributed by atoms with E-state index >= 15 is 0 Å². The molecule has 1 unspecified atom stereocenters. The van der Waals surface area contributed by atoms with Crippen LogP contribution in [0.4, 0.5) is 4.79 Å². The molecule has 1 aromatic carbocycles. The summed E-state index contributed by atoms with van der Waals surface area (Å²) in [6, 6.07) is 6.70. The molecule has 126 valence electrons. The summed E-state index contributed by atoms with van der Waals surface area (Å²) < 4.78 is 1.16. The molecule has 3 rings (SSSR count). The Kier molecular flexibility index (Phi) is 5.05. The van der Waals surface area contributed by atoms with Crippen LogP contribution in [0.15, 0.2) is 24.3 Å². The second-order valence-corrected chi connectivity index (χ2v) is 6.70. The molecule has 7 nitrogen and oxygen atoms in total. The van der Waals surface area contributed by atoms with Crippen molar-refractivity contribution in [1.29, 1.82) is 0 Å². The Hall–Kier alpha value is -2.48. The van der Waals surface area contributed by atoms with Gasteiger partial charge in [0.25, 0.3) is 0 Å². The maximum atomic E-state index is 12.1. The van der Waals surface area contributed by atoms with Crippen molar-refractivity contribution < 1.29 is 14.4 Å². The number of para-hydroxylation sites is 1. The lowest BCUT2D eigenvalue weighted by molar-refractivity contribution is -0.123. The lowest BCUT2D eigenvalue weighted by atomic mass is 10.1. The maximum Gasteiger partial charge on any atom is 0.322 e. The molecular formula is C16H18N4O3S. The van der Waals surface area contributed by atoms with Gasteiger partial charge in [0.2, 0.25) is 11.8 Å². The zero-order valence-electron chi connectivity index (χ0n) is 13.0. The van der Waals surface area contributed by atoms with Gasteiger partial charge in [-0.2, -0.15) is 0 Å². The Bertz CT molecular complexity index is 741. The molecule has 24 heavy (non-hydrogen) atoms. The second-order valence-electron chi connectivity index (χ2n) is 5.58. The van der Waals surface area contributed by atoms with Gasteiger partial charge < -0.3 is 10.6 Å². The molecule has 1 fully saturated rings. The number of thiazole rings is 1. The smallest absolute Gasteiger partial charge is 0.322 e. The number of hydrogen-bond donors (Lipinski definition) is 3. The number of aryl methyl sites for hydroxylation is 1. The molecule has 3 N–H and O–H groups in total. The summed E-state index contributed by atoms with van der Waals surface area (Å²) in [6.45, 7) is 0.502. The van der Waals surface area contributed by atoms with E-state index in [4.69, 9.17) is 0 Å². The lowest BCUT2D eigenvalue weighted by Gasteiger charge is -2.14. The number of hydrogen-bond acceptors (Lipinski definition) is 5. The van der Waals surface area contributed by atoms with Crippen LogP contribution in [-0.2, 0) is 16.0 Å². The van der Waals surface area contributed by atoms with Crippen molar-refractivity contribution in [3.8, 4) is 0 Å². The summed E-state index contributed by atoms with van der Waals surface area (Å²) in [6.07, 6.45) is 2.02. The topological polar surface area (TPSA) is 100 Å². The Morgan fingerprint density at radius 1 is 1.33 bits per heavy atom. The highest BCUT2D eigenvalue weighted by molar-refractivity contribution is 7.18. The quantitative estimate of drug-likeness (QED) is 0.711. The van der Waals surface area contributed by atoms with Crippen LogP contribution in [-0.4, -0.2) is 35.4 Å². The Balaban J connectivity index is 1.44. The number of nitrogens with zero attached hydrogens (tertiary/aromatic N) is 1. The molecule has 4 amide bonds. The van der Waals surface area contributed by atoms with Gasteiger partial charge in [-0.1, -0.05) is 12.1 Å². The van der Waals surface area contributed by atoms with Crippen LogP contribution in [0.1, 0.15) is 24.3 Å². The normalized spacial score (nSPS) is 17.9. The summed E-state index contributed by atoms with van der Waals surface area (Å²) in [4.78, 5) is 39.3. The van der Waals surface area contributed by atoms with Crippen molar-refractivity contribution in [1.82, 2.24) is 20.9 Å². The molecule has 0 aliphatic carbocycles. The van der Waals surface area contributed by atoms with Gasteiger partial charge in [-0.15, -0.1) is 11.3 Å². The third-order valence-corrected chi connectivity index (χ3v) is 4.84. The first kappa shape index (κ1) is 16.4. The zero-order valence-corrected chi connectivity index (χ0v) is 13.8. The van der Waals surface area contributed by atoms with Crippen molar-refractivity contribution in [2.75, 3.05) is 6.54 Å². The number of nitrogens with one attached hydrogen (secondary N) is 3. The lowest BCUT2D eigenvalue weighted by Crippen LogP contribution is -2.48. The molecule has 1 aliphatic heterocycles. The predicted molar refractivity (Wildman–Crippen MR) is 90.6 cm³/mol. The number of imide groups is 1. The fraction of sp³-hybridized carbons (Fsp3) is 0.375. The predicted octanol–water partition coefficient (Wildman–Crippen LogP) is 1.33. The van der Waals surface area contributed by atoms with Gasteiger partial charge in [0.1, 0.15) is 6.04 Å². The number of rotatable bonds is 5. The van der Waals surface area contributed by atoms with Gasteiger partial charge in [0.05, 0.1) is 15.2 Å². The molecular weight excluding hydrogens is 328 g/mol. The third kappa shape index (κ3) is 4.08. The molecule has 0 spiro atoms. The highest BCUT2D eigenvalue weighted by Gasteiger charge is 2.25. The van der Waals surface area contributed by atoms with Crippen LogP contribution in [0, 0.1) is 0 Å². The van der Waals surface area contributed by atoms with Crippen molar-refractivity contribution in [3.05, 3.63) is 29.3 Å². The van der Waals surface area contributed by atoms with E-state index in [0.29, 0.717) is 13.0 Å². The summed E-state index contributed by atoms with van der Waals surface area (Å²) in [7, 11) is 0. The van der Waals surface area contributed by atoms with Gasteiger partial charge in [0.15, 0.2) is 0 Å². The Labute approximate surface area is 142 Å². The van der Waals surface area contributed by atoms with E-state index in [1.807, 2.05) is 24.3 Å². The SMILES string of the molecule is O=C1CCC(C(=O)NCCCc2nc3ccccc3s2)NC(=O)N1. The number of benzene rings is 1. The molecule has 1 aromatic heterocycles. The first-order valence-electron chi connectivity index (χ1n) is 7.84. The van der Waals surface area contributed by atoms with Crippen LogP contribution in [0.25, 0.3) is 10.2 Å². The number of carbonyl (C=O) groups is 3. The van der Waals surface area contributed by atoms with Gasteiger partial charge in [0, 0.05) is 19.4 Å². The second kappa shape index (κ2) is 7.39. The first-order valence-corrected chi connectivity index (χ1v) is 8.66. The molecule has 0 saturated carbocycles. The van der Waals surface area contributed by atoms with E-state index in [1.165, 1.54) is 0 Å². The molecule has 1 aliphatic rings. The average Bonchev–Trinajstić information content (AvgIpc) is 2.89. The van der Waals surface area contributed by atoms with Crippen LogP contribution in [0.2, 0.25) is 0 Å². The number of carbonyl (C=O) groups excluding carboxylic acids is 3. The molecule has 0 radical (unpaired) electrons. The highest BCUT2D eigenvalue weighted by Crippen LogP contribution is 2.22. The van der Waals surface area contributed by atoms with E-state index in [9.17, 15) is 14.4 Å². The van der Waals surface area contributed by atoms with E-state index < -0.39 is 12.1 Å². The highest BCUT2D eigenvalue weighted by atomic mass is 32.1. The Morgan fingerprint density at radius 3 is 3.00 bits per heavy atom. The molecule has 2 aromatic rings. The fourth-order valence-electron chi connectivity index (χ4n) is 2.53. The van der Waals surface area contributed by atoms with Crippen LogP contribution in [0.3, 0.4) is 0 Å². The Morgan fingerprint density at radius 2 is 2.17 bits per heavy atom. The number of fused-ring (bicyclic) bond motifs is 1. The molecule has 1 atom stereocenters. The van der Waals surface area contributed by atoms with Crippen molar-refractivity contribution in [3.63, 3.8) is 0 Å². The standard InChI is InChI=1S/C16H18N4O3S/c21-13-8-7-11(19-16(23)20-13)15(22)17-9-3-6-14-18-10-4-1-2-5-12(10)24-14/h1-2,4-5,11H,3,6-9H2,(H,17,22)(H2,19,20,21,23). The number of urea groups is 1. The maximum absolute atomic E-state index is 12.1. The monoisotopic (exact) mass is 346 g/mol. The van der Waals surface area contributed by atoms with E-state index in [-0.39, 0.29) is 18.2 Å². The van der Waals surface area contributed by atoms with E-state index in [1.54, 1.807) is 11.3 Å². The minimum absolute atomic E-state index is 0.155. The van der Waals surface area contributed by atoms with E-state index in [2.05, 4.69) is 20.9 Å². The third-order valence-electron chi connectivity index (χ3n) is 3.74. The average molecular weight is 346 g/mol. The van der Waals surface area contributed by atoms with E-state index in [0.717, 1.165) is 28.1 Å². The minimum Gasteiger partial charge on any atom is -0.354 e. The number of aromatic nitrogens is 1. The largest absolute Gasteiger partial charge is 0.354 e. The summed E-state index contributed by atoms with van der Waals surface area (Å²) in [5, 5.41) is 8.49. The van der Waals surface area contributed by atoms with Crippen LogP contribution in [0.5, 0.6) is 0 Å². The first-order chi connectivity index (χ1) is 11.6. The summed E-state index contributed by atoms with van der Waals surface area (Å²) in [5.74, 6) is -0.622. The molecule has 0 bridgehead atoms. The van der Waals surface area contributed by atoms with Gasteiger partial charge >= 0.3 is 6.03 Å². The summed E-state index contributed by atoms with van der Waals surface area (Å²) >= 11 is 1.66. The van der Waals surface area contributed by atoms with Crippen molar-refractivity contribution >= 4 is 39.4 Å². The fourth-order valence-corrected chi connectivity index (χ4v) is 3.54. The van der Waals surface area contributed by atoms with Gasteiger partial charge in [-0.3, -0.25) is 14.9 Å². The molecule has 2 heterocycles. The number of amides is 4. The van der Waals surface area contributed by atoms with Crippen LogP contribution < -0.4 is 16.0 Å². The van der Waals surface area contributed by atoms with Crippen LogP contribution >= 0.6 is 11.3 Å². The van der Waals surface area contributed by atoms with Crippen molar-refractivity contribution in [2.45, 2.75) is 31.7 Å². The van der Waals surface area contributed by atoms with Gasteiger partial charge in [-0.05, 0) is 25.0 Å². The molecule has 1 saturated heterocycles. The summed E-state index contributed by atoms with van der Waals surface area (Å²) in [5.41, 5.74) is 1.000. The minimum atomic E-state index is -0.668. The van der Waals surface area contributed by atoms with Gasteiger partial charge in [-0.25, -0.2) is 9.78 Å². The van der Waals surface area contributed by atoms with Crippen molar-refractivity contribution in [2.24, 2.45) is 0 Å². The molecule has 8 heteroatoms.